The second kappa shape index (κ2) is 7.66. The average Bonchev–Trinajstić information content (AvgIpc) is 3.32. The molecule has 0 bridgehead atoms. The van der Waals surface area contributed by atoms with Crippen molar-refractivity contribution in [1.29, 1.82) is 0 Å². The van der Waals surface area contributed by atoms with Gasteiger partial charge in [0.25, 0.3) is 5.91 Å². The summed E-state index contributed by atoms with van der Waals surface area (Å²) in [5, 5.41) is 8.28. The van der Waals surface area contributed by atoms with Crippen molar-refractivity contribution < 1.29 is 13.6 Å². The third-order valence-electron chi connectivity index (χ3n) is 4.53. The van der Waals surface area contributed by atoms with E-state index >= 15 is 0 Å². The van der Waals surface area contributed by atoms with Gasteiger partial charge in [-0.3, -0.25) is 9.69 Å². The van der Waals surface area contributed by atoms with Crippen LogP contribution in [0.25, 0.3) is 11.5 Å². The minimum Gasteiger partial charge on any atom is -0.456 e. The number of piperazine rings is 1. The molecular formula is C19H19BrN4O3. The first kappa shape index (κ1) is 17.9. The van der Waals surface area contributed by atoms with Crippen LogP contribution >= 0.6 is 15.9 Å². The van der Waals surface area contributed by atoms with Crippen molar-refractivity contribution in [3.05, 3.63) is 58.3 Å². The Morgan fingerprint density at radius 2 is 1.78 bits per heavy atom. The molecule has 0 aliphatic carbocycles. The van der Waals surface area contributed by atoms with Crippen LogP contribution < -0.4 is 0 Å². The van der Waals surface area contributed by atoms with Crippen LogP contribution in [-0.2, 0) is 6.54 Å². The average molecular weight is 431 g/mol. The van der Waals surface area contributed by atoms with Gasteiger partial charge in [-0.05, 0) is 43.3 Å². The predicted molar refractivity (Wildman–Crippen MR) is 102 cm³/mol. The Hall–Kier alpha value is -2.45. The first-order valence-corrected chi connectivity index (χ1v) is 9.54. The molecule has 140 valence electrons. The van der Waals surface area contributed by atoms with Gasteiger partial charge in [-0.25, -0.2) is 0 Å². The Morgan fingerprint density at radius 3 is 2.44 bits per heavy atom. The van der Waals surface area contributed by atoms with E-state index in [4.69, 9.17) is 8.83 Å². The van der Waals surface area contributed by atoms with E-state index in [9.17, 15) is 4.79 Å². The van der Waals surface area contributed by atoms with Crippen LogP contribution in [0.5, 0.6) is 0 Å². The molecule has 0 radical (unpaired) electrons. The van der Waals surface area contributed by atoms with Gasteiger partial charge in [-0.15, -0.1) is 10.2 Å². The zero-order valence-corrected chi connectivity index (χ0v) is 16.5. The molecule has 0 saturated carbocycles. The first-order valence-electron chi connectivity index (χ1n) is 8.75. The zero-order valence-electron chi connectivity index (χ0n) is 14.9. The lowest BCUT2D eigenvalue weighted by Crippen LogP contribution is -2.48. The quantitative estimate of drug-likeness (QED) is 0.631. The maximum Gasteiger partial charge on any atom is 0.289 e. The highest BCUT2D eigenvalue weighted by Gasteiger charge is 2.25. The van der Waals surface area contributed by atoms with Crippen molar-refractivity contribution in [3.63, 3.8) is 0 Å². The highest BCUT2D eigenvalue weighted by atomic mass is 79.9. The third-order valence-corrected chi connectivity index (χ3v) is 5.06. The Labute approximate surface area is 165 Å². The minimum atomic E-state index is -0.0573. The van der Waals surface area contributed by atoms with Crippen molar-refractivity contribution in [1.82, 2.24) is 20.0 Å². The normalized spacial score (nSPS) is 15.3. The molecule has 1 amide bonds. The van der Waals surface area contributed by atoms with Crippen LogP contribution in [0.15, 0.2) is 49.7 Å². The van der Waals surface area contributed by atoms with Gasteiger partial charge in [-0.2, -0.15) is 0 Å². The number of nitrogens with zero attached hydrogens (tertiary/aromatic N) is 4. The summed E-state index contributed by atoms with van der Waals surface area (Å²) in [4.78, 5) is 16.5. The van der Waals surface area contributed by atoms with Gasteiger partial charge < -0.3 is 13.7 Å². The zero-order chi connectivity index (χ0) is 18.8. The lowest BCUT2D eigenvalue weighted by Gasteiger charge is -2.33. The largest absolute Gasteiger partial charge is 0.456 e. The SMILES string of the molecule is Cc1ccc(C(=O)N2CCN(Cc3nnc(-c4ccc(Br)cc4)o3)CC2)o1. The van der Waals surface area contributed by atoms with Gasteiger partial charge in [0.05, 0.1) is 6.54 Å². The summed E-state index contributed by atoms with van der Waals surface area (Å²) in [6.45, 7) is 5.20. The highest BCUT2D eigenvalue weighted by molar-refractivity contribution is 9.10. The number of carbonyl (C=O) groups is 1. The van der Waals surface area contributed by atoms with Crippen LogP contribution in [0, 0.1) is 6.92 Å². The summed E-state index contributed by atoms with van der Waals surface area (Å²) < 4.78 is 12.2. The minimum absolute atomic E-state index is 0.0573. The molecule has 2 aromatic heterocycles. The van der Waals surface area contributed by atoms with Crippen molar-refractivity contribution in [2.24, 2.45) is 0 Å². The van der Waals surface area contributed by atoms with E-state index in [1.165, 1.54) is 0 Å². The molecule has 1 aliphatic rings. The molecule has 3 aromatic rings. The van der Waals surface area contributed by atoms with Crippen LogP contribution in [0.1, 0.15) is 22.2 Å². The predicted octanol–water partition coefficient (Wildman–Crippen LogP) is 3.36. The highest BCUT2D eigenvalue weighted by Crippen LogP contribution is 2.21. The lowest BCUT2D eigenvalue weighted by atomic mass is 10.2. The molecule has 1 aromatic carbocycles. The summed E-state index contributed by atoms with van der Waals surface area (Å²) in [5.74, 6) is 2.18. The van der Waals surface area contributed by atoms with Crippen molar-refractivity contribution >= 4 is 21.8 Å². The Morgan fingerprint density at radius 1 is 1.04 bits per heavy atom. The smallest absolute Gasteiger partial charge is 0.289 e. The van der Waals surface area contributed by atoms with Crippen molar-refractivity contribution in [2.45, 2.75) is 13.5 Å². The second-order valence-corrected chi connectivity index (χ2v) is 7.40. The molecule has 0 spiro atoms. The second-order valence-electron chi connectivity index (χ2n) is 6.49. The van der Waals surface area contributed by atoms with E-state index in [0.29, 0.717) is 37.2 Å². The number of halogens is 1. The summed E-state index contributed by atoms with van der Waals surface area (Å²) in [7, 11) is 0. The van der Waals surface area contributed by atoms with Crippen LogP contribution in [0.4, 0.5) is 0 Å². The standard InChI is InChI=1S/C19H19BrN4O3/c1-13-2-7-16(26-13)19(25)24-10-8-23(9-11-24)12-17-21-22-18(27-17)14-3-5-15(20)6-4-14/h2-7H,8-12H2,1H3. The van der Waals surface area contributed by atoms with Gasteiger partial charge in [0.15, 0.2) is 5.76 Å². The Balaban J connectivity index is 1.33. The fourth-order valence-corrected chi connectivity index (χ4v) is 3.30. The number of hydrogen-bond acceptors (Lipinski definition) is 6. The molecule has 0 atom stereocenters. The fourth-order valence-electron chi connectivity index (χ4n) is 3.03. The fraction of sp³-hybridized carbons (Fsp3) is 0.316. The maximum absolute atomic E-state index is 12.4. The number of benzene rings is 1. The molecule has 0 unspecified atom stereocenters. The Kier molecular flexibility index (Phi) is 5.09. The molecule has 1 aliphatic heterocycles. The van der Waals surface area contributed by atoms with E-state index in [0.717, 1.165) is 28.9 Å². The summed E-state index contributed by atoms with van der Waals surface area (Å²) in [6.07, 6.45) is 0. The monoisotopic (exact) mass is 430 g/mol. The molecular weight excluding hydrogens is 412 g/mol. The van der Waals surface area contributed by atoms with Crippen molar-refractivity contribution in [3.8, 4) is 11.5 Å². The summed E-state index contributed by atoms with van der Waals surface area (Å²) in [6, 6.07) is 11.3. The topological polar surface area (TPSA) is 75.6 Å². The molecule has 1 saturated heterocycles. The first-order chi connectivity index (χ1) is 13.1. The van der Waals surface area contributed by atoms with E-state index < -0.39 is 0 Å². The van der Waals surface area contributed by atoms with Crippen LogP contribution in [0.3, 0.4) is 0 Å². The molecule has 0 N–H and O–H groups in total. The molecule has 8 heteroatoms. The maximum atomic E-state index is 12.4. The molecule has 3 heterocycles. The molecule has 4 rings (SSSR count). The molecule has 27 heavy (non-hydrogen) atoms. The van der Waals surface area contributed by atoms with E-state index in [-0.39, 0.29) is 5.91 Å². The number of aromatic nitrogens is 2. The van der Waals surface area contributed by atoms with Gasteiger partial charge in [0, 0.05) is 36.2 Å². The molecule has 7 nitrogen and oxygen atoms in total. The number of carbonyl (C=O) groups excluding carboxylic acids is 1. The van der Waals surface area contributed by atoms with Gasteiger partial charge in [0.1, 0.15) is 5.76 Å². The van der Waals surface area contributed by atoms with Crippen LogP contribution in [0.2, 0.25) is 0 Å². The number of amides is 1. The third kappa shape index (κ3) is 4.12. The lowest BCUT2D eigenvalue weighted by molar-refractivity contribution is 0.0586. The number of furan rings is 1. The van der Waals surface area contributed by atoms with Crippen molar-refractivity contribution in [2.75, 3.05) is 26.2 Å². The van der Waals surface area contributed by atoms with Gasteiger partial charge in [-0.1, -0.05) is 15.9 Å². The Bertz CT molecular complexity index is 927. The van der Waals surface area contributed by atoms with E-state index in [1.54, 1.807) is 6.07 Å². The molecule has 1 fully saturated rings. The number of aryl methyl sites for hydroxylation is 1. The summed E-state index contributed by atoms with van der Waals surface area (Å²) in [5.41, 5.74) is 0.890. The van der Waals surface area contributed by atoms with Gasteiger partial charge in [0.2, 0.25) is 11.8 Å². The number of rotatable bonds is 4. The van der Waals surface area contributed by atoms with Crippen LogP contribution in [-0.4, -0.2) is 52.1 Å². The van der Waals surface area contributed by atoms with E-state index in [2.05, 4.69) is 31.0 Å². The van der Waals surface area contributed by atoms with Gasteiger partial charge >= 0.3 is 0 Å². The summed E-state index contributed by atoms with van der Waals surface area (Å²) >= 11 is 3.41. The van der Waals surface area contributed by atoms with E-state index in [1.807, 2.05) is 42.2 Å². The number of hydrogen-bond donors (Lipinski definition) is 0.